The molecule has 26 heavy (non-hydrogen) atoms. The van der Waals surface area contributed by atoms with Gasteiger partial charge in [-0.1, -0.05) is 24.3 Å². The zero-order chi connectivity index (χ0) is 17.9. The van der Waals surface area contributed by atoms with Gasteiger partial charge in [0.15, 0.2) is 0 Å². The Hall–Kier alpha value is -2.66. The van der Waals surface area contributed by atoms with Gasteiger partial charge in [-0.25, -0.2) is 0 Å². The number of para-hydroxylation sites is 1. The molecule has 0 aliphatic carbocycles. The molecule has 1 aliphatic rings. The molecule has 0 bridgehead atoms. The summed E-state index contributed by atoms with van der Waals surface area (Å²) in [6.07, 6.45) is 4.73. The molecule has 1 unspecified atom stereocenters. The summed E-state index contributed by atoms with van der Waals surface area (Å²) in [5.74, 6) is 0.290. The van der Waals surface area contributed by atoms with E-state index in [4.69, 9.17) is 0 Å². The summed E-state index contributed by atoms with van der Waals surface area (Å²) in [6, 6.07) is 15.7. The number of aliphatic hydroxyl groups excluding tert-OH is 1. The van der Waals surface area contributed by atoms with Crippen molar-refractivity contribution in [3.63, 3.8) is 0 Å². The highest BCUT2D eigenvalue weighted by atomic mass is 16.3. The van der Waals surface area contributed by atoms with E-state index in [2.05, 4.69) is 11.1 Å². The molecule has 0 saturated carbocycles. The lowest BCUT2D eigenvalue weighted by molar-refractivity contribution is -0.133. The normalized spacial score (nSPS) is 16.7. The highest BCUT2D eigenvalue weighted by Crippen LogP contribution is 2.29. The molecule has 4 rings (SSSR count). The number of likely N-dealkylation sites (tertiary alicyclic amines) is 1. The fourth-order valence-corrected chi connectivity index (χ4v) is 3.78. The Morgan fingerprint density at radius 1 is 1.12 bits per heavy atom. The van der Waals surface area contributed by atoms with Crippen molar-refractivity contribution in [2.45, 2.75) is 25.5 Å². The van der Waals surface area contributed by atoms with Crippen LogP contribution in [0.15, 0.2) is 60.9 Å². The molecule has 1 aromatic carbocycles. The summed E-state index contributed by atoms with van der Waals surface area (Å²) in [7, 11) is 0. The Kier molecular flexibility index (Phi) is 4.71. The van der Waals surface area contributed by atoms with Crippen LogP contribution in [0.3, 0.4) is 0 Å². The van der Waals surface area contributed by atoms with Gasteiger partial charge in [-0.3, -0.25) is 9.78 Å². The Balaban J connectivity index is 1.36. The molecule has 1 amide bonds. The summed E-state index contributed by atoms with van der Waals surface area (Å²) in [5.41, 5.74) is 1.80. The van der Waals surface area contributed by atoms with Crippen LogP contribution in [0.25, 0.3) is 10.9 Å². The van der Waals surface area contributed by atoms with E-state index in [-0.39, 0.29) is 11.8 Å². The molecule has 1 aliphatic heterocycles. The number of amides is 1. The summed E-state index contributed by atoms with van der Waals surface area (Å²) >= 11 is 0. The fourth-order valence-electron chi connectivity index (χ4n) is 3.78. The summed E-state index contributed by atoms with van der Waals surface area (Å²) in [6.45, 7) is 1.74. The van der Waals surface area contributed by atoms with Crippen molar-refractivity contribution in [3.05, 3.63) is 66.6 Å². The van der Waals surface area contributed by atoms with Gasteiger partial charge >= 0.3 is 0 Å². The average molecular weight is 349 g/mol. The molecule has 1 N–H and O–H groups in total. The van der Waals surface area contributed by atoms with E-state index in [1.165, 1.54) is 0 Å². The van der Waals surface area contributed by atoms with Gasteiger partial charge in [0, 0.05) is 31.0 Å². The smallest absolute Gasteiger partial charge is 0.242 e. The summed E-state index contributed by atoms with van der Waals surface area (Å²) < 4.78 is 2.01. The average Bonchev–Trinajstić information content (AvgIpc) is 3.11. The van der Waals surface area contributed by atoms with Crippen molar-refractivity contribution in [2.24, 2.45) is 5.92 Å². The third kappa shape index (κ3) is 3.35. The minimum Gasteiger partial charge on any atom is -0.387 e. The number of piperidine rings is 1. The number of aromatic nitrogens is 2. The Morgan fingerprint density at radius 3 is 2.65 bits per heavy atom. The van der Waals surface area contributed by atoms with Gasteiger partial charge in [-0.2, -0.15) is 0 Å². The predicted octanol–water partition coefficient (Wildman–Crippen LogP) is 3.01. The Labute approximate surface area is 152 Å². The van der Waals surface area contributed by atoms with Gasteiger partial charge in [-0.05, 0) is 48.4 Å². The van der Waals surface area contributed by atoms with Crippen LogP contribution >= 0.6 is 0 Å². The molecule has 3 heterocycles. The molecule has 0 spiro atoms. The number of carbonyl (C=O) groups is 1. The monoisotopic (exact) mass is 349 g/mol. The van der Waals surface area contributed by atoms with E-state index in [9.17, 15) is 9.90 Å². The maximum Gasteiger partial charge on any atom is 0.242 e. The number of pyridine rings is 1. The van der Waals surface area contributed by atoms with Crippen molar-refractivity contribution < 1.29 is 9.90 Å². The number of aliphatic hydroxyl groups is 1. The lowest BCUT2D eigenvalue weighted by Crippen LogP contribution is -2.41. The maximum atomic E-state index is 12.7. The minimum absolute atomic E-state index is 0.136. The molecule has 5 heteroatoms. The van der Waals surface area contributed by atoms with Crippen LogP contribution < -0.4 is 0 Å². The first kappa shape index (κ1) is 16.8. The molecular weight excluding hydrogens is 326 g/mol. The van der Waals surface area contributed by atoms with E-state index in [0.29, 0.717) is 19.6 Å². The van der Waals surface area contributed by atoms with Crippen LogP contribution in [0, 0.1) is 5.92 Å². The van der Waals surface area contributed by atoms with Crippen LogP contribution in [-0.4, -0.2) is 38.6 Å². The van der Waals surface area contributed by atoms with Crippen molar-refractivity contribution in [1.82, 2.24) is 14.5 Å². The van der Waals surface area contributed by atoms with Crippen LogP contribution in [0.2, 0.25) is 0 Å². The van der Waals surface area contributed by atoms with Crippen LogP contribution in [0.4, 0.5) is 0 Å². The predicted molar refractivity (Wildman–Crippen MR) is 100 cm³/mol. The van der Waals surface area contributed by atoms with E-state index >= 15 is 0 Å². The van der Waals surface area contributed by atoms with Crippen LogP contribution in [-0.2, 0) is 11.3 Å². The second kappa shape index (κ2) is 7.30. The largest absolute Gasteiger partial charge is 0.387 e. The summed E-state index contributed by atoms with van der Waals surface area (Å²) in [5, 5.41) is 11.7. The lowest BCUT2D eigenvalue weighted by Gasteiger charge is -2.34. The molecule has 134 valence electrons. The minimum atomic E-state index is -0.554. The van der Waals surface area contributed by atoms with Crippen LogP contribution in [0.5, 0.6) is 0 Å². The quantitative estimate of drug-likeness (QED) is 0.788. The van der Waals surface area contributed by atoms with E-state index in [0.717, 1.165) is 29.4 Å². The zero-order valence-electron chi connectivity index (χ0n) is 14.7. The number of hydrogen-bond donors (Lipinski definition) is 1. The van der Waals surface area contributed by atoms with E-state index in [1.807, 2.05) is 58.1 Å². The third-order valence-corrected chi connectivity index (χ3v) is 5.32. The van der Waals surface area contributed by atoms with Gasteiger partial charge in [0.05, 0.1) is 11.8 Å². The molecule has 1 atom stereocenters. The number of rotatable bonds is 4. The van der Waals surface area contributed by atoms with Crippen molar-refractivity contribution in [3.8, 4) is 0 Å². The molecule has 1 saturated heterocycles. The third-order valence-electron chi connectivity index (χ3n) is 5.32. The Bertz CT molecular complexity index is 882. The van der Waals surface area contributed by atoms with Crippen molar-refractivity contribution in [1.29, 1.82) is 0 Å². The molecule has 3 aromatic rings. The number of fused-ring (bicyclic) bond motifs is 1. The summed E-state index contributed by atoms with van der Waals surface area (Å²) in [4.78, 5) is 18.9. The first-order valence-corrected chi connectivity index (χ1v) is 9.13. The molecule has 0 radical (unpaired) electrons. The topological polar surface area (TPSA) is 58.4 Å². The van der Waals surface area contributed by atoms with Crippen molar-refractivity contribution in [2.75, 3.05) is 13.1 Å². The second-order valence-corrected chi connectivity index (χ2v) is 6.92. The SMILES string of the molecule is O=C(Cn1ccc2ccccc21)N1CCC(C(O)c2ccccn2)CC1. The zero-order valence-corrected chi connectivity index (χ0v) is 14.7. The lowest BCUT2D eigenvalue weighted by atomic mass is 9.89. The highest BCUT2D eigenvalue weighted by Gasteiger charge is 2.28. The first-order chi connectivity index (χ1) is 12.7. The standard InChI is InChI=1S/C21H23N3O2/c25-20(15-24-14-8-16-5-1-2-7-19(16)24)23-12-9-17(10-13-23)21(26)18-6-3-4-11-22-18/h1-8,11,14,17,21,26H,9-10,12-13,15H2. The highest BCUT2D eigenvalue weighted by molar-refractivity contribution is 5.83. The molecule has 5 nitrogen and oxygen atoms in total. The second-order valence-electron chi connectivity index (χ2n) is 6.92. The molecule has 2 aromatic heterocycles. The fraction of sp³-hybridized carbons (Fsp3) is 0.333. The van der Waals surface area contributed by atoms with E-state index < -0.39 is 6.10 Å². The molecular formula is C21H23N3O2. The van der Waals surface area contributed by atoms with Gasteiger partial charge in [0.2, 0.25) is 5.91 Å². The first-order valence-electron chi connectivity index (χ1n) is 9.13. The van der Waals surface area contributed by atoms with E-state index in [1.54, 1.807) is 6.20 Å². The van der Waals surface area contributed by atoms with Gasteiger partial charge in [0.25, 0.3) is 0 Å². The maximum absolute atomic E-state index is 12.7. The van der Waals surface area contributed by atoms with Gasteiger partial charge in [0.1, 0.15) is 6.54 Å². The number of benzene rings is 1. The van der Waals surface area contributed by atoms with Gasteiger partial charge in [-0.15, -0.1) is 0 Å². The number of nitrogens with zero attached hydrogens (tertiary/aromatic N) is 3. The number of hydrogen-bond acceptors (Lipinski definition) is 3. The number of carbonyl (C=O) groups excluding carboxylic acids is 1. The molecule has 1 fully saturated rings. The Morgan fingerprint density at radius 2 is 1.88 bits per heavy atom. The van der Waals surface area contributed by atoms with Crippen molar-refractivity contribution >= 4 is 16.8 Å². The van der Waals surface area contributed by atoms with Gasteiger partial charge < -0.3 is 14.6 Å². The van der Waals surface area contributed by atoms with Crippen LogP contribution in [0.1, 0.15) is 24.6 Å².